The number of ether oxygens (including phenoxy) is 1. The molecule has 0 N–H and O–H groups in total. The zero-order chi connectivity index (χ0) is 20.0. The maximum absolute atomic E-state index is 12.7. The minimum atomic E-state index is -4.82. The number of rotatable bonds is 7. The number of para-hydroxylation sites is 1. The number of hydrogen-bond acceptors (Lipinski definition) is 4. The second kappa shape index (κ2) is 8.51. The van der Waals surface area contributed by atoms with Gasteiger partial charge < -0.3 is 18.5 Å². The van der Waals surface area contributed by atoms with Crippen molar-refractivity contribution in [3.63, 3.8) is 0 Å². The molecule has 1 aromatic carbocycles. The summed E-state index contributed by atoms with van der Waals surface area (Å²) in [4.78, 5) is 14.1. The fourth-order valence-corrected chi connectivity index (χ4v) is 2.50. The number of hydrogen-bond donors (Lipinski definition) is 0. The van der Waals surface area contributed by atoms with Crippen LogP contribution in [0.4, 0.5) is 13.2 Å². The smallest absolute Gasteiger partial charge is 0.467 e. The van der Waals surface area contributed by atoms with Crippen LogP contribution < -0.4 is 4.74 Å². The number of carbonyl (C=O) groups is 1. The lowest BCUT2D eigenvalue weighted by Crippen LogP contribution is -2.28. The quantitative estimate of drug-likeness (QED) is 0.531. The van der Waals surface area contributed by atoms with Gasteiger partial charge in [-0.1, -0.05) is 18.2 Å². The zero-order valence-electron chi connectivity index (χ0n) is 14.6. The van der Waals surface area contributed by atoms with E-state index in [2.05, 4.69) is 4.74 Å². The normalized spacial score (nSPS) is 11.7. The molecule has 3 rings (SSSR count). The minimum Gasteiger partial charge on any atom is -0.467 e. The zero-order valence-corrected chi connectivity index (χ0v) is 14.6. The van der Waals surface area contributed by atoms with Gasteiger partial charge in [-0.3, -0.25) is 4.79 Å². The molecule has 2 aromatic heterocycles. The third-order valence-electron chi connectivity index (χ3n) is 3.72. The molecular weight excluding hydrogens is 375 g/mol. The van der Waals surface area contributed by atoms with Crippen LogP contribution in [0.3, 0.4) is 0 Å². The number of benzene rings is 1. The summed E-state index contributed by atoms with van der Waals surface area (Å²) < 4.78 is 52.1. The van der Waals surface area contributed by atoms with Crippen molar-refractivity contribution in [3.05, 3.63) is 84.2 Å². The molecule has 146 valence electrons. The van der Waals surface area contributed by atoms with Crippen LogP contribution in [0.2, 0.25) is 0 Å². The first kappa shape index (κ1) is 19.3. The molecule has 8 heteroatoms. The van der Waals surface area contributed by atoms with Crippen LogP contribution in [0, 0.1) is 0 Å². The van der Waals surface area contributed by atoms with Crippen molar-refractivity contribution in [2.45, 2.75) is 19.5 Å². The Hall–Kier alpha value is -3.42. The molecule has 0 aliphatic heterocycles. The Morgan fingerprint density at radius 1 is 0.964 bits per heavy atom. The first-order chi connectivity index (χ1) is 13.4. The molecule has 0 unspecified atom stereocenters. The molecule has 0 bridgehead atoms. The SMILES string of the molecule is O=C(/C=C/c1ccccc1OC(F)(F)F)N(Cc1ccco1)Cc1ccco1. The van der Waals surface area contributed by atoms with Gasteiger partial charge in [0.1, 0.15) is 17.3 Å². The summed E-state index contributed by atoms with van der Waals surface area (Å²) in [6.45, 7) is 0.356. The van der Waals surface area contributed by atoms with Gasteiger partial charge in [-0.05, 0) is 36.4 Å². The van der Waals surface area contributed by atoms with Crippen molar-refractivity contribution < 1.29 is 31.5 Å². The molecule has 0 fully saturated rings. The first-order valence-electron chi connectivity index (χ1n) is 8.27. The first-order valence-corrected chi connectivity index (χ1v) is 8.27. The van der Waals surface area contributed by atoms with E-state index in [1.54, 1.807) is 30.3 Å². The number of alkyl halides is 3. The number of carbonyl (C=O) groups excluding carboxylic acids is 1. The van der Waals surface area contributed by atoms with E-state index in [-0.39, 0.29) is 24.4 Å². The van der Waals surface area contributed by atoms with Gasteiger partial charge in [-0.15, -0.1) is 13.2 Å². The highest BCUT2D eigenvalue weighted by Crippen LogP contribution is 2.27. The molecule has 1 amide bonds. The molecule has 3 aromatic rings. The number of amides is 1. The second-order valence-corrected chi connectivity index (χ2v) is 5.77. The summed E-state index contributed by atoms with van der Waals surface area (Å²) >= 11 is 0. The van der Waals surface area contributed by atoms with Crippen LogP contribution in [0.25, 0.3) is 6.08 Å². The molecule has 0 spiro atoms. The largest absolute Gasteiger partial charge is 0.573 e. The molecule has 28 heavy (non-hydrogen) atoms. The van der Waals surface area contributed by atoms with Crippen LogP contribution in [0.1, 0.15) is 17.1 Å². The summed E-state index contributed by atoms with van der Waals surface area (Å²) in [6.07, 6.45) is 0.626. The fraction of sp³-hybridized carbons (Fsp3) is 0.150. The van der Waals surface area contributed by atoms with Gasteiger partial charge in [0, 0.05) is 11.6 Å². The predicted molar refractivity (Wildman–Crippen MR) is 93.8 cm³/mol. The Morgan fingerprint density at radius 2 is 1.57 bits per heavy atom. The lowest BCUT2D eigenvalue weighted by Gasteiger charge is -2.19. The van der Waals surface area contributed by atoms with Crippen molar-refractivity contribution in [1.82, 2.24) is 4.90 Å². The average Bonchev–Trinajstić information content (AvgIpc) is 3.33. The predicted octanol–water partition coefficient (Wildman–Crippen LogP) is 5.01. The molecular formula is C20H16F3NO4. The summed E-state index contributed by atoms with van der Waals surface area (Å²) in [5.74, 6) is 0.320. The van der Waals surface area contributed by atoms with Gasteiger partial charge >= 0.3 is 6.36 Å². The van der Waals surface area contributed by atoms with Crippen molar-refractivity contribution in [1.29, 1.82) is 0 Å². The Morgan fingerprint density at radius 3 is 2.11 bits per heavy atom. The van der Waals surface area contributed by atoms with E-state index in [0.717, 1.165) is 0 Å². The van der Waals surface area contributed by atoms with Crippen LogP contribution in [0.15, 0.2) is 76.0 Å². The number of nitrogens with zero attached hydrogens (tertiary/aromatic N) is 1. The number of halogens is 3. The van der Waals surface area contributed by atoms with E-state index >= 15 is 0 Å². The highest BCUT2D eigenvalue weighted by molar-refractivity contribution is 5.92. The third-order valence-corrected chi connectivity index (χ3v) is 3.72. The Kier molecular flexibility index (Phi) is 5.88. The monoisotopic (exact) mass is 391 g/mol. The molecule has 0 aliphatic rings. The van der Waals surface area contributed by atoms with E-state index in [1.165, 1.54) is 47.8 Å². The van der Waals surface area contributed by atoms with Crippen molar-refractivity contribution in [2.75, 3.05) is 0 Å². The highest BCUT2D eigenvalue weighted by Gasteiger charge is 2.31. The molecule has 0 atom stereocenters. The Bertz CT molecular complexity index is 879. The van der Waals surface area contributed by atoms with Crippen LogP contribution >= 0.6 is 0 Å². The maximum Gasteiger partial charge on any atom is 0.573 e. The standard InChI is InChI=1S/C20H16F3NO4/c21-20(22,23)28-18-8-2-1-5-15(18)9-10-19(25)24(13-16-6-3-11-26-16)14-17-7-4-12-27-17/h1-12H,13-14H2/b10-9+. The molecule has 0 aliphatic carbocycles. The van der Waals surface area contributed by atoms with Gasteiger partial charge in [0.05, 0.1) is 25.6 Å². The summed E-state index contributed by atoms with van der Waals surface area (Å²) in [5, 5.41) is 0. The second-order valence-electron chi connectivity index (χ2n) is 5.77. The van der Waals surface area contributed by atoms with E-state index in [4.69, 9.17) is 8.83 Å². The summed E-state index contributed by atoms with van der Waals surface area (Å²) in [5.41, 5.74) is 0.129. The molecule has 5 nitrogen and oxygen atoms in total. The fourth-order valence-electron chi connectivity index (χ4n) is 2.50. The minimum absolute atomic E-state index is 0.129. The van der Waals surface area contributed by atoms with E-state index in [9.17, 15) is 18.0 Å². The van der Waals surface area contributed by atoms with Gasteiger partial charge in [0.25, 0.3) is 0 Å². The highest BCUT2D eigenvalue weighted by atomic mass is 19.4. The van der Waals surface area contributed by atoms with E-state index in [1.807, 2.05) is 0 Å². The van der Waals surface area contributed by atoms with Crippen LogP contribution in [-0.4, -0.2) is 17.2 Å². The Balaban J connectivity index is 1.77. The van der Waals surface area contributed by atoms with Gasteiger partial charge in [-0.25, -0.2) is 0 Å². The lowest BCUT2D eigenvalue weighted by molar-refractivity contribution is -0.274. The van der Waals surface area contributed by atoms with E-state index < -0.39 is 12.3 Å². The molecule has 0 saturated carbocycles. The van der Waals surface area contributed by atoms with E-state index in [0.29, 0.717) is 11.5 Å². The van der Waals surface area contributed by atoms with Crippen molar-refractivity contribution in [2.24, 2.45) is 0 Å². The molecule has 0 radical (unpaired) electrons. The number of furan rings is 2. The van der Waals surface area contributed by atoms with Crippen molar-refractivity contribution in [3.8, 4) is 5.75 Å². The summed E-state index contributed by atoms with van der Waals surface area (Å²) in [7, 11) is 0. The van der Waals surface area contributed by atoms with Gasteiger partial charge in [0.15, 0.2) is 0 Å². The van der Waals surface area contributed by atoms with Gasteiger partial charge in [-0.2, -0.15) is 0 Å². The lowest BCUT2D eigenvalue weighted by atomic mass is 10.2. The molecule has 0 saturated heterocycles. The van der Waals surface area contributed by atoms with Crippen LogP contribution in [-0.2, 0) is 17.9 Å². The van der Waals surface area contributed by atoms with Crippen molar-refractivity contribution >= 4 is 12.0 Å². The molecule has 2 heterocycles. The van der Waals surface area contributed by atoms with Crippen LogP contribution in [0.5, 0.6) is 5.75 Å². The average molecular weight is 391 g/mol. The maximum atomic E-state index is 12.7. The topological polar surface area (TPSA) is 55.8 Å². The summed E-state index contributed by atoms with van der Waals surface area (Å²) in [6, 6.07) is 12.4. The third kappa shape index (κ3) is 5.54. The Labute approximate surface area is 158 Å². The van der Waals surface area contributed by atoms with Gasteiger partial charge in [0.2, 0.25) is 5.91 Å².